The Bertz CT molecular complexity index is 519. The van der Waals surface area contributed by atoms with E-state index in [1.807, 2.05) is 24.5 Å². The van der Waals surface area contributed by atoms with Crippen LogP contribution >= 0.6 is 0 Å². The molecule has 0 radical (unpaired) electrons. The molecular weight excluding hydrogens is 282 g/mol. The standard InChI is InChI=1S/C16H23N3O3/c20-15(11-21-12-16-2-1-7-22-16)10-19-5-3-13(4-6-19)14-8-17-18-9-14/h1-2,7-9,13,15,20H,3-6,10-12H2,(H,17,18)/t15-/m0/s1. The van der Waals surface area contributed by atoms with Crippen molar-refractivity contribution in [3.63, 3.8) is 0 Å². The van der Waals surface area contributed by atoms with E-state index in [9.17, 15) is 5.11 Å². The number of furan rings is 1. The van der Waals surface area contributed by atoms with Gasteiger partial charge in [-0.1, -0.05) is 0 Å². The van der Waals surface area contributed by atoms with Crippen molar-refractivity contribution in [2.45, 2.75) is 31.5 Å². The molecular formula is C16H23N3O3. The van der Waals surface area contributed by atoms with Gasteiger partial charge < -0.3 is 19.2 Å². The minimum Gasteiger partial charge on any atom is -0.467 e. The molecule has 0 unspecified atom stereocenters. The van der Waals surface area contributed by atoms with E-state index in [-0.39, 0.29) is 0 Å². The number of piperidine rings is 1. The zero-order chi connectivity index (χ0) is 15.2. The van der Waals surface area contributed by atoms with E-state index in [1.165, 1.54) is 5.56 Å². The molecule has 2 N–H and O–H groups in total. The minimum absolute atomic E-state index is 0.336. The molecule has 3 heterocycles. The molecule has 1 fully saturated rings. The molecule has 120 valence electrons. The highest BCUT2D eigenvalue weighted by Gasteiger charge is 2.22. The fraction of sp³-hybridized carbons (Fsp3) is 0.562. The molecule has 6 nitrogen and oxygen atoms in total. The predicted molar refractivity (Wildman–Crippen MR) is 81.4 cm³/mol. The number of H-pyrrole nitrogens is 1. The van der Waals surface area contributed by atoms with Gasteiger partial charge in [0.05, 0.1) is 25.2 Å². The first-order chi connectivity index (χ1) is 10.8. The third-order valence-corrected chi connectivity index (χ3v) is 4.18. The van der Waals surface area contributed by atoms with E-state index < -0.39 is 6.10 Å². The van der Waals surface area contributed by atoms with Crippen LogP contribution in [-0.2, 0) is 11.3 Å². The van der Waals surface area contributed by atoms with Crippen molar-refractivity contribution in [2.75, 3.05) is 26.2 Å². The average Bonchev–Trinajstić information content (AvgIpc) is 3.21. The Balaban J connectivity index is 1.33. The van der Waals surface area contributed by atoms with Crippen LogP contribution in [0.15, 0.2) is 35.2 Å². The summed E-state index contributed by atoms with van der Waals surface area (Å²) in [4.78, 5) is 2.30. The number of ether oxygens (including phenoxy) is 1. The van der Waals surface area contributed by atoms with Crippen molar-refractivity contribution >= 4 is 0 Å². The van der Waals surface area contributed by atoms with Gasteiger partial charge in [0, 0.05) is 12.7 Å². The minimum atomic E-state index is -0.458. The Morgan fingerprint density at radius 2 is 2.32 bits per heavy atom. The highest BCUT2D eigenvalue weighted by atomic mass is 16.5. The van der Waals surface area contributed by atoms with Gasteiger partial charge in [0.2, 0.25) is 0 Å². The van der Waals surface area contributed by atoms with E-state index in [0.29, 0.717) is 25.7 Å². The molecule has 2 aromatic rings. The van der Waals surface area contributed by atoms with Gasteiger partial charge in [-0.25, -0.2) is 0 Å². The van der Waals surface area contributed by atoms with Gasteiger partial charge in [0.15, 0.2) is 0 Å². The molecule has 1 atom stereocenters. The van der Waals surface area contributed by atoms with Gasteiger partial charge in [-0.3, -0.25) is 5.10 Å². The Morgan fingerprint density at radius 1 is 1.45 bits per heavy atom. The maximum Gasteiger partial charge on any atom is 0.129 e. The van der Waals surface area contributed by atoms with Crippen molar-refractivity contribution in [1.29, 1.82) is 0 Å². The lowest BCUT2D eigenvalue weighted by Gasteiger charge is -2.32. The van der Waals surface area contributed by atoms with Gasteiger partial charge >= 0.3 is 0 Å². The summed E-state index contributed by atoms with van der Waals surface area (Å²) in [6, 6.07) is 3.70. The topological polar surface area (TPSA) is 74.5 Å². The van der Waals surface area contributed by atoms with Gasteiger partial charge in [-0.05, 0) is 49.5 Å². The van der Waals surface area contributed by atoms with Crippen molar-refractivity contribution < 1.29 is 14.3 Å². The van der Waals surface area contributed by atoms with Crippen molar-refractivity contribution in [3.05, 3.63) is 42.1 Å². The molecule has 1 aliphatic rings. The number of hydrogen-bond donors (Lipinski definition) is 2. The zero-order valence-electron chi connectivity index (χ0n) is 12.6. The lowest BCUT2D eigenvalue weighted by Crippen LogP contribution is -2.39. The van der Waals surface area contributed by atoms with E-state index in [2.05, 4.69) is 15.1 Å². The number of β-amino-alcohol motifs (C(OH)–C–C–N with tert-alkyl or cyclic N) is 1. The molecule has 1 saturated heterocycles. The predicted octanol–water partition coefficient (Wildman–Crippen LogP) is 1.76. The second-order valence-corrected chi connectivity index (χ2v) is 5.85. The highest BCUT2D eigenvalue weighted by molar-refractivity contribution is 5.11. The van der Waals surface area contributed by atoms with Crippen molar-refractivity contribution in [1.82, 2.24) is 15.1 Å². The van der Waals surface area contributed by atoms with Crippen LogP contribution in [0.2, 0.25) is 0 Å². The summed E-state index contributed by atoms with van der Waals surface area (Å²) in [5.74, 6) is 1.37. The maximum atomic E-state index is 10.1. The largest absolute Gasteiger partial charge is 0.467 e. The Morgan fingerprint density at radius 3 is 3.00 bits per heavy atom. The maximum absolute atomic E-state index is 10.1. The van der Waals surface area contributed by atoms with Crippen LogP contribution < -0.4 is 0 Å². The molecule has 0 saturated carbocycles. The Labute approximate surface area is 130 Å². The molecule has 6 heteroatoms. The summed E-state index contributed by atoms with van der Waals surface area (Å²) in [6.45, 7) is 3.42. The van der Waals surface area contributed by atoms with Crippen molar-refractivity contribution in [3.8, 4) is 0 Å². The summed E-state index contributed by atoms with van der Waals surface area (Å²) in [7, 11) is 0. The molecule has 0 aliphatic carbocycles. The Kier molecular flexibility index (Phi) is 5.26. The van der Waals surface area contributed by atoms with Crippen LogP contribution in [0.3, 0.4) is 0 Å². The summed E-state index contributed by atoms with van der Waals surface area (Å²) >= 11 is 0. The van der Waals surface area contributed by atoms with Gasteiger partial charge in [-0.15, -0.1) is 0 Å². The van der Waals surface area contributed by atoms with Crippen LogP contribution in [0.25, 0.3) is 0 Å². The van der Waals surface area contributed by atoms with Crippen LogP contribution in [0.5, 0.6) is 0 Å². The summed E-state index contributed by atoms with van der Waals surface area (Å²) in [6.07, 6.45) is 7.29. The molecule has 22 heavy (non-hydrogen) atoms. The number of hydrogen-bond acceptors (Lipinski definition) is 5. The second kappa shape index (κ2) is 7.58. The molecule has 0 amide bonds. The van der Waals surface area contributed by atoms with Crippen LogP contribution in [-0.4, -0.2) is 52.5 Å². The molecule has 0 bridgehead atoms. The van der Waals surface area contributed by atoms with Gasteiger partial charge in [0.1, 0.15) is 12.4 Å². The van der Waals surface area contributed by atoms with Crippen molar-refractivity contribution in [2.24, 2.45) is 0 Å². The monoisotopic (exact) mass is 305 g/mol. The van der Waals surface area contributed by atoms with Crippen LogP contribution in [0.1, 0.15) is 30.1 Å². The molecule has 1 aliphatic heterocycles. The van der Waals surface area contributed by atoms with E-state index in [1.54, 1.807) is 6.26 Å². The van der Waals surface area contributed by atoms with Gasteiger partial charge in [-0.2, -0.15) is 5.10 Å². The molecule has 0 aromatic carbocycles. The van der Waals surface area contributed by atoms with Crippen LogP contribution in [0.4, 0.5) is 0 Å². The number of aromatic nitrogens is 2. The van der Waals surface area contributed by atoms with E-state index in [0.717, 1.165) is 31.7 Å². The SMILES string of the molecule is O[C@H](COCc1ccco1)CN1CCC(c2cn[nH]c2)CC1. The smallest absolute Gasteiger partial charge is 0.129 e. The van der Waals surface area contributed by atoms with Gasteiger partial charge in [0.25, 0.3) is 0 Å². The van der Waals surface area contributed by atoms with E-state index in [4.69, 9.17) is 9.15 Å². The first-order valence-electron chi connectivity index (χ1n) is 7.80. The Hall–Kier alpha value is -1.63. The third-order valence-electron chi connectivity index (χ3n) is 4.18. The summed E-state index contributed by atoms with van der Waals surface area (Å²) in [5.41, 5.74) is 1.29. The first-order valence-corrected chi connectivity index (χ1v) is 7.80. The van der Waals surface area contributed by atoms with Crippen LogP contribution in [0, 0.1) is 0 Å². The normalized spacial score (nSPS) is 18.6. The quantitative estimate of drug-likeness (QED) is 0.815. The second-order valence-electron chi connectivity index (χ2n) is 5.85. The average molecular weight is 305 g/mol. The fourth-order valence-corrected chi connectivity index (χ4v) is 2.97. The number of nitrogens with zero attached hydrogens (tertiary/aromatic N) is 2. The zero-order valence-corrected chi connectivity index (χ0v) is 12.6. The number of aliphatic hydroxyl groups is 1. The number of rotatable bonds is 7. The summed E-state index contributed by atoms with van der Waals surface area (Å²) < 4.78 is 10.7. The number of likely N-dealkylation sites (tertiary alicyclic amines) is 1. The number of nitrogens with one attached hydrogen (secondary N) is 1. The molecule has 0 spiro atoms. The highest BCUT2D eigenvalue weighted by Crippen LogP contribution is 2.27. The number of aromatic amines is 1. The third kappa shape index (κ3) is 4.19. The first kappa shape index (κ1) is 15.3. The number of aliphatic hydroxyl groups excluding tert-OH is 1. The fourth-order valence-electron chi connectivity index (χ4n) is 2.97. The lowest BCUT2D eigenvalue weighted by molar-refractivity contribution is 0.00174. The lowest BCUT2D eigenvalue weighted by atomic mass is 9.91. The molecule has 3 rings (SSSR count). The van der Waals surface area contributed by atoms with E-state index >= 15 is 0 Å². The molecule has 2 aromatic heterocycles. The summed E-state index contributed by atoms with van der Waals surface area (Å²) in [5, 5.41) is 17.0.